The number of fused-ring (bicyclic) bond motifs is 4. The van der Waals surface area contributed by atoms with Crippen LogP contribution in [0.15, 0.2) is 109 Å². The van der Waals surface area contributed by atoms with Gasteiger partial charge in [0.2, 0.25) is 7.14 Å². The van der Waals surface area contributed by atoms with E-state index in [9.17, 15) is 5.11 Å². The molecule has 0 spiro atoms. The monoisotopic (exact) mass is 613 g/mol. The lowest BCUT2D eigenvalue weighted by Crippen LogP contribution is -3.61. The highest BCUT2D eigenvalue weighted by molar-refractivity contribution is 5.78. The molecule has 1 atom stereocenters. The molecule has 6 rings (SSSR count). The summed E-state index contributed by atoms with van der Waals surface area (Å²) in [6.07, 6.45) is 3.24. The molecule has 2 heterocycles. The second kappa shape index (κ2) is 13.0. The van der Waals surface area contributed by atoms with E-state index in [1.54, 1.807) is 7.14 Å². The third-order valence-electron chi connectivity index (χ3n) is 6.58. The van der Waals surface area contributed by atoms with Crippen molar-refractivity contribution < 1.29 is 31.0 Å². The van der Waals surface area contributed by atoms with Gasteiger partial charge in [0.05, 0.1) is 11.2 Å². The molecule has 0 fully saturated rings. The molecule has 0 saturated heterocycles. The quantitative estimate of drug-likeness (QED) is 0.187. The number of hydrogen-bond acceptors (Lipinski definition) is 3. The number of halogens is 1. The summed E-state index contributed by atoms with van der Waals surface area (Å²) in [6.45, 7) is 2.54. The van der Waals surface area contributed by atoms with Crippen molar-refractivity contribution >= 4 is 10.9 Å². The highest BCUT2D eigenvalue weighted by Crippen LogP contribution is 2.23. The van der Waals surface area contributed by atoms with Crippen LogP contribution in [0.2, 0.25) is 0 Å². The summed E-state index contributed by atoms with van der Waals surface area (Å²) in [6, 6.07) is 37.2. The van der Waals surface area contributed by atoms with Crippen LogP contribution in [0.25, 0.3) is 22.0 Å². The van der Waals surface area contributed by atoms with Gasteiger partial charge in [-0.05, 0) is 48.5 Å². The minimum atomic E-state index is -0.672. The Labute approximate surface area is 235 Å². The third-order valence-corrected chi connectivity index (χ3v) is 9.63. The van der Waals surface area contributed by atoms with Crippen LogP contribution in [0, 0.1) is 7.14 Å². The number of nitrogens with zero attached hydrogens (tertiary/aromatic N) is 1. The van der Waals surface area contributed by atoms with E-state index in [0.29, 0.717) is 13.0 Å². The second-order valence-electron chi connectivity index (χ2n) is 9.40. The number of aromatic nitrogens is 1. The summed E-state index contributed by atoms with van der Waals surface area (Å²) in [5, 5.41) is 13.4. The van der Waals surface area contributed by atoms with Crippen LogP contribution in [-0.2, 0) is 6.61 Å². The molecule has 0 amide bonds. The second-order valence-corrected chi connectivity index (χ2v) is 12.3. The summed E-state index contributed by atoms with van der Waals surface area (Å²) in [5.74, 6) is 0.726. The third kappa shape index (κ3) is 6.61. The Bertz CT molecular complexity index is 1460. The molecule has 4 heteroatoms. The number of benzene rings is 4. The average Bonchev–Trinajstić information content (AvgIpc) is 3.35. The van der Waals surface area contributed by atoms with Gasteiger partial charge >= 0.3 is 21.2 Å². The van der Waals surface area contributed by atoms with Gasteiger partial charge in [0, 0.05) is 16.5 Å². The molecule has 0 saturated carbocycles. The fourth-order valence-corrected chi connectivity index (χ4v) is 7.45. The molecule has 3 nitrogen and oxygen atoms in total. The van der Waals surface area contributed by atoms with Crippen molar-refractivity contribution in [1.82, 2.24) is 4.98 Å². The standard InChI is InChI=1S/C22H24NO2.C12H8I/c1-2-3-4-12-22(24)18-9-7-10-20(15-18)25-16-19-14-13-17-8-5-6-11-21(17)23-19;1-3-7-11-9(5-1)10-6-2-4-8-12(10)13-11/h5-11,13-15,22H,2-4,12,16H2,1H3;1-8H/q-1;+1. The molecule has 1 unspecified atom stereocenters. The lowest BCUT2D eigenvalue weighted by Gasteiger charge is -2.23. The first-order valence-corrected chi connectivity index (χ1v) is 15.4. The zero-order valence-electron chi connectivity index (χ0n) is 21.6. The molecule has 5 aromatic rings. The maximum Gasteiger partial charge on any atom is 0.359 e. The molecule has 4 aromatic carbocycles. The molecule has 1 aliphatic rings. The van der Waals surface area contributed by atoms with Crippen LogP contribution in [0.4, 0.5) is 0 Å². The summed E-state index contributed by atoms with van der Waals surface area (Å²) >= 11 is 0.103. The van der Waals surface area contributed by atoms with Gasteiger partial charge in [-0.2, -0.15) is 0 Å². The van der Waals surface area contributed by atoms with E-state index in [1.165, 1.54) is 11.1 Å². The van der Waals surface area contributed by atoms with Crippen molar-refractivity contribution in [2.75, 3.05) is 0 Å². The minimum Gasteiger partial charge on any atom is -0.849 e. The number of ether oxygens (including phenoxy) is 1. The van der Waals surface area contributed by atoms with E-state index in [1.807, 2.05) is 54.6 Å². The highest BCUT2D eigenvalue weighted by atomic mass is 127. The number of hydrogen-bond donors (Lipinski definition) is 0. The SMILES string of the molecule is CCCCCC([O-])c1cccc(OCc2ccc3ccccc3n2)c1.c1ccc2c(c1)[I+]c1ccccc1-2. The van der Waals surface area contributed by atoms with Gasteiger partial charge in [0.1, 0.15) is 12.4 Å². The van der Waals surface area contributed by atoms with E-state index < -0.39 is 6.10 Å². The first-order chi connectivity index (χ1) is 18.7. The number of unbranched alkanes of at least 4 members (excludes halogenated alkanes) is 2. The maximum absolute atomic E-state index is 12.3. The maximum atomic E-state index is 12.3. The molecule has 0 radical (unpaired) electrons. The van der Waals surface area contributed by atoms with Crippen LogP contribution in [0.1, 0.15) is 50.0 Å². The predicted octanol–water partition coefficient (Wildman–Crippen LogP) is 4.59. The van der Waals surface area contributed by atoms with Gasteiger partial charge < -0.3 is 9.84 Å². The van der Waals surface area contributed by atoms with Crippen molar-refractivity contribution in [3.63, 3.8) is 0 Å². The van der Waals surface area contributed by atoms with Crippen molar-refractivity contribution in [1.29, 1.82) is 0 Å². The Balaban J connectivity index is 0.000000187. The van der Waals surface area contributed by atoms with Crippen LogP contribution in [0.3, 0.4) is 0 Å². The van der Waals surface area contributed by atoms with Crippen molar-refractivity contribution in [2.45, 2.75) is 45.3 Å². The van der Waals surface area contributed by atoms with E-state index in [0.717, 1.165) is 47.2 Å². The van der Waals surface area contributed by atoms with Crippen molar-refractivity contribution in [3.05, 3.63) is 128 Å². The van der Waals surface area contributed by atoms with E-state index in [4.69, 9.17) is 4.74 Å². The number of para-hydroxylation sites is 1. The topological polar surface area (TPSA) is 45.2 Å². The normalized spacial score (nSPS) is 12.3. The van der Waals surface area contributed by atoms with Crippen LogP contribution < -0.4 is 31.0 Å². The summed E-state index contributed by atoms with van der Waals surface area (Å²) in [5.41, 5.74) is 5.58. The molecule has 38 heavy (non-hydrogen) atoms. The predicted molar refractivity (Wildman–Crippen MR) is 149 cm³/mol. The van der Waals surface area contributed by atoms with Gasteiger partial charge in [-0.25, -0.2) is 4.98 Å². The van der Waals surface area contributed by atoms with Crippen LogP contribution in [0.5, 0.6) is 5.75 Å². The van der Waals surface area contributed by atoms with E-state index in [-0.39, 0.29) is 21.2 Å². The smallest absolute Gasteiger partial charge is 0.359 e. The summed E-state index contributed by atoms with van der Waals surface area (Å²) in [4.78, 5) is 4.61. The largest absolute Gasteiger partial charge is 0.849 e. The average molecular weight is 614 g/mol. The minimum absolute atomic E-state index is 0.103. The molecular formula is C34H32INO2. The molecular weight excluding hydrogens is 581 g/mol. The zero-order valence-corrected chi connectivity index (χ0v) is 23.8. The Kier molecular flexibility index (Phi) is 9.05. The Morgan fingerprint density at radius 1 is 0.763 bits per heavy atom. The lowest BCUT2D eigenvalue weighted by molar-refractivity contribution is -0.589. The van der Waals surface area contributed by atoms with Crippen molar-refractivity contribution in [3.8, 4) is 16.9 Å². The van der Waals surface area contributed by atoms with Gasteiger partial charge in [-0.15, -0.1) is 6.10 Å². The van der Waals surface area contributed by atoms with Crippen LogP contribution >= 0.6 is 0 Å². The van der Waals surface area contributed by atoms with Gasteiger partial charge in [0.15, 0.2) is 0 Å². The Morgan fingerprint density at radius 3 is 2.24 bits per heavy atom. The van der Waals surface area contributed by atoms with Gasteiger partial charge in [-0.1, -0.05) is 98.8 Å². The molecule has 0 bridgehead atoms. The Morgan fingerprint density at radius 2 is 1.47 bits per heavy atom. The first-order valence-electron chi connectivity index (χ1n) is 13.3. The summed E-state index contributed by atoms with van der Waals surface area (Å²) in [7, 11) is 0. The number of pyridine rings is 1. The van der Waals surface area contributed by atoms with Gasteiger partial charge in [-0.3, -0.25) is 0 Å². The number of rotatable bonds is 8. The first kappa shape index (κ1) is 26.4. The van der Waals surface area contributed by atoms with Crippen molar-refractivity contribution in [2.24, 2.45) is 0 Å². The summed E-state index contributed by atoms with van der Waals surface area (Å²) < 4.78 is 9.00. The fraction of sp³-hybridized carbons (Fsp3) is 0.206. The molecule has 1 aromatic heterocycles. The lowest BCUT2D eigenvalue weighted by atomic mass is 10.0. The van der Waals surface area contributed by atoms with Gasteiger partial charge in [0.25, 0.3) is 0 Å². The van der Waals surface area contributed by atoms with E-state index >= 15 is 0 Å². The molecule has 1 aliphatic heterocycles. The molecule has 0 N–H and O–H groups in total. The Hall–Kier alpha value is -3.22. The molecule has 0 aliphatic carbocycles. The molecule has 192 valence electrons. The van der Waals surface area contributed by atoms with Crippen LogP contribution in [-0.4, -0.2) is 4.98 Å². The van der Waals surface area contributed by atoms with E-state index in [2.05, 4.69) is 66.5 Å². The fourth-order valence-electron chi connectivity index (χ4n) is 4.53. The highest BCUT2D eigenvalue weighted by Gasteiger charge is 2.31. The zero-order chi connectivity index (χ0) is 26.2.